The number of anilines is 2. The third-order valence-electron chi connectivity index (χ3n) is 4.34. The quantitative estimate of drug-likeness (QED) is 0.792. The monoisotopic (exact) mass is 407 g/mol. The van der Waals surface area contributed by atoms with Crippen molar-refractivity contribution < 1.29 is 14.3 Å². The smallest absolute Gasteiger partial charge is 0.313 e. The second kappa shape index (κ2) is 8.50. The van der Waals surface area contributed by atoms with E-state index in [0.717, 1.165) is 5.69 Å². The molecule has 142 valence electrons. The van der Waals surface area contributed by atoms with Crippen molar-refractivity contribution in [2.24, 2.45) is 0 Å². The zero-order valence-corrected chi connectivity index (χ0v) is 16.3. The van der Waals surface area contributed by atoms with Crippen LogP contribution in [0.15, 0.2) is 42.5 Å². The van der Waals surface area contributed by atoms with Crippen molar-refractivity contribution in [1.82, 2.24) is 4.90 Å². The first-order chi connectivity index (χ1) is 13.0. The van der Waals surface area contributed by atoms with Gasteiger partial charge in [0, 0.05) is 42.6 Å². The third kappa shape index (κ3) is 4.64. The molecule has 0 aromatic heterocycles. The van der Waals surface area contributed by atoms with Gasteiger partial charge in [-0.3, -0.25) is 9.59 Å². The molecule has 1 N–H and O–H groups in total. The van der Waals surface area contributed by atoms with E-state index in [1.807, 2.05) is 24.3 Å². The molecule has 0 spiro atoms. The van der Waals surface area contributed by atoms with Crippen LogP contribution in [0.3, 0.4) is 0 Å². The lowest BCUT2D eigenvalue weighted by atomic mass is 10.2. The van der Waals surface area contributed by atoms with Crippen molar-refractivity contribution >= 4 is 46.4 Å². The number of halogens is 2. The van der Waals surface area contributed by atoms with Gasteiger partial charge in [-0.2, -0.15) is 0 Å². The number of carbonyl (C=O) groups is 2. The van der Waals surface area contributed by atoms with Crippen LogP contribution < -0.4 is 15.0 Å². The van der Waals surface area contributed by atoms with Gasteiger partial charge in [0.15, 0.2) is 0 Å². The molecule has 0 atom stereocenters. The molecule has 1 heterocycles. The van der Waals surface area contributed by atoms with Crippen LogP contribution in [0.25, 0.3) is 0 Å². The predicted molar refractivity (Wildman–Crippen MR) is 107 cm³/mol. The van der Waals surface area contributed by atoms with Crippen LogP contribution in [0.1, 0.15) is 0 Å². The molecule has 0 radical (unpaired) electrons. The minimum absolute atomic E-state index is 0.359. The molecule has 0 bridgehead atoms. The second-order valence-electron chi connectivity index (χ2n) is 6.06. The summed E-state index contributed by atoms with van der Waals surface area (Å²) in [7, 11) is 1.51. The topological polar surface area (TPSA) is 61.9 Å². The van der Waals surface area contributed by atoms with E-state index in [9.17, 15) is 9.59 Å². The lowest BCUT2D eigenvalue weighted by Gasteiger charge is -2.35. The Bertz CT molecular complexity index is 852. The molecular formula is C19H19Cl2N3O3. The number of nitrogens with zero attached hydrogens (tertiary/aromatic N) is 2. The van der Waals surface area contributed by atoms with Crippen LogP contribution in [0.2, 0.25) is 10.0 Å². The molecule has 8 heteroatoms. The minimum atomic E-state index is -0.688. The summed E-state index contributed by atoms with van der Waals surface area (Å²) >= 11 is 12.1. The molecular weight excluding hydrogens is 389 g/mol. The number of benzene rings is 2. The average molecular weight is 408 g/mol. The van der Waals surface area contributed by atoms with Gasteiger partial charge in [0.2, 0.25) is 0 Å². The highest BCUT2D eigenvalue weighted by atomic mass is 35.5. The fraction of sp³-hybridized carbons (Fsp3) is 0.263. The van der Waals surface area contributed by atoms with Crippen LogP contribution >= 0.6 is 23.2 Å². The molecule has 6 nitrogen and oxygen atoms in total. The Labute approximate surface area is 167 Å². The van der Waals surface area contributed by atoms with Gasteiger partial charge in [-0.15, -0.1) is 0 Å². The summed E-state index contributed by atoms with van der Waals surface area (Å²) in [6.45, 7) is 2.19. The van der Waals surface area contributed by atoms with E-state index in [1.54, 1.807) is 23.1 Å². The maximum absolute atomic E-state index is 12.4. The van der Waals surface area contributed by atoms with Gasteiger partial charge in [0.1, 0.15) is 5.75 Å². The van der Waals surface area contributed by atoms with E-state index in [0.29, 0.717) is 47.7 Å². The van der Waals surface area contributed by atoms with E-state index in [2.05, 4.69) is 10.2 Å². The maximum Gasteiger partial charge on any atom is 0.313 e. The Hall–Kier alpha value is -2.44. The summed E-state index contributed by atoms with van der Waals surface area (Å²) in [4.78, 5) is 28.4. The van der Waals surface area contributed by atoms with E-state index < -0.39 is 11.8 Å². The second-order valence-corrected chi connectivity index (χ2v) is 6.91. The molecule has 2 amide bonds. The zero-order valence-electron chi connectivity index (χ0n) is 14.7. The number of piperazine rings is 1. The van der Waals surface area contributed by atoms with Crippen molar-refractivity contribution in [2.45, 2.75) is 0 Å². The number of methoxy groups -OCH3 is 1. The summed E-state index contributed by atoms with van der Waals surface area (Å²) < 4.78 is 5.07. The Balaban J connectivity index is 1.57. The fourth-order valence-electron chi connectivity index (χ4n) is 2.91. The molecule has 1 aliphatic heterocycles. The summed E-state index contributed by atoms with van der Waals surface area (Å²) in [6, 6.07) is 12.4. The van der Waals surface area contributed by atoms with Crippen LogP contribution in [0, 0.1) is 0 Å². The number of hydrogen-bond acceptors (Lipinski definition) is 4. The number of carbonyl (C=O) groups excluding carboxylic acids is 2. The van der Waals surface area contributed by atoms with Crippen molar-refractivity contribution in [3.8, 4) is 5.75 Å². The summed E-state index contributed by atoms with van der Waals surface area (Å²) in [5.41, 5.74) is 1.45. The zero-order chi connectivity index (χ0) is 19.4. The van der Waals surface area contributed by atoms with Crippen LogP contribution in [0.4, 0.5) is 11.4 Å². The van der Waals surface area contributed by atoms with Gasteiger partial charge in [-0.25, -0.2) is 0 Å². The largest absolute Gasteiger partial charge is 0.495 e. The number of hydrogen-bond donors (Lipinski definition) is 1. The van der Waals surface area contributed by atoms with Crippen molar-refractivity contribution in [3.63, 3.8) is 0 Å². The lowest BCUT2D eigenvalue weighted by molar-refractivity contribution is -0.143. The molecule has 27 heavy (non-hydrogen) atoms. The first kappa shape index (κ1) is 19.3. The molecule has 2 aromatic carbocycles. The molecule has 1 aliphatic rings. The highest BCUT2D eigenvalue weighted by molar-refractivity contribution is 6.40. The molecule has 0 saturated carbocycles. The number of amides is 2. The van der Waals surface area contributed by atoms with Crippen molar-refractivity contribution in [2.75, 3.05) is 43.5 Å². The van der Waals surface area contributed by atoms with Gasteiger partial charge >= 0.3 is 11.8 Å². The van der Waals surface area contributed by atoms with E-state index in [1.165, 1.54) is 7.11 Å². The maximum atomic E-state index is 12.4. The lowest BCUT2D eigenvalue weighted by Crippen LogP contribution is -2.51. The number of rotatable bonds is 3. The van der Waals surface area contributed by atoms with Crippen LogP contribution in [-0.4, -0.2) is 50.0 Å². The van der Waals surface area contributed by atoms with E-state index >= 15 is 0 Å². The van der Waals surface area contributed by atoms with E-state index in [-0.39, 0.29) is 0 Å². The molecule has 3 rings (SSSR count). The normalized spacial score (nSPS) is 14.0. The van der Waals surface area contributed by atoms with Gasteiger partial charge in [-0.05, 0) is 36.4 Å². The van der Waals surface area contributed by atoms with Crippen LogP contribution in [-0.2, 0) is 9.59 Å². The van der Waals surface area contributed by atoms with E-state index in [4.69, 9.17) is 27.9 Å². The number of ether oxygens (including phenoxy) is 1. The van der Waals surface area contributed by atoms with Crippen molar-refractivity contribution in [3.05, 3.63) is 52.5 Å². The first-order valence-corrected chi connectivity index (χ1v) is 9.18. The Morgan fingerprint density at radius 2 is 1.78 bits per heavy atom. The minimum Gasteiger partial charge on any atom is -0.495 e. The third-order valence-corrected chi connectivity index (χ3v) is 4.87. The highest BCUT2D eigenvalue weighted by Gasteiger charge is 2.26. The SMILES string of the molecule is COc1ccc(NC(=O)C(=O)N2CCN(c3cccc(Cl)c3)CC2)cc1Cl. The number of nitrogens with one attached hydrogen (secondary N) is 1. The van der Waals surface area contributed by atoms with Crippen molar-refractivity contribution in [1.29, 1.82) is 0 Å². The predicted octanol–water partition coefficient (Wildman–Crippen LogP) is 3.29. The molecule has 2 aromatic rings. The fourth-order valence-corrected chi connectivity index (χ4v) is 3.36. The van der Waals surface area contributed by atoms with Gasteiger partial charge in [0.25, 0.3) is 0 Å². The van der Waals surface area contributed by atoms with Gasteiger partial charge < -0.3 is 19.9 Å². The first-order valence-electron chi connectivity index (χ1n) is 8.42. The summed E-state index contributed by atoms with van der Waals surface area (Å²) in [5, 5.41) is 3.61. The summed E-state index contributed by atoms with van der Waals surface area (Å²) in [6.07, 6.45) is 0. The molecule has 0 unspecified atom stereocenters. The van der Waals surface area contributed by atoms with Gasteiger partial charge in [0.05, 0.1) is 12.1 Å². The Morgan fingerprint density at radius 3 is 2.41 bits per heavy atom. The summed E-state index contributed by atoms with van der Waals surface area (Å²) in [5.74, 6) is -0.752. The average Bonchev–Trinajstić information content (AvgIpc) is 2.67. The molecule has 1 saturated heterocycles. The Morgan fingerprint density at radius 1 is 1.04 bits per heavy atom. The molecule has 1 fully saturated rings. The standard InChI is InChI=1S/C19H19Cl2N3O3/c1-27-17-6-5-14(12-16(17)21)22-18(25)19(26)24-9-7-23(8-10-24)15-4-2-3-13(20)11-15/h2-6,11-12H,7-10H2,1H3,(H,22,25). The highest BCUT2D eigenvalue weighted by Crippen LogP contribution is 2.27. The van der Waals surface area contributed by atoms with Gasteiger partial charge in [-0.1, -0.05) is 29.3 Å². The van der Waals surface area contributed by atoms with Crippen LogP contribution in [0.5, 0.6) is 5.75 Å². The molecule has 0 aliphatic carbocycles. The Kier molecular flexibility index (Phi) is 6.08.